The minimum Gasteiger partial charge on any atom is -0.497 e. The average molecular weight is 374 g/mol. The summed E-state index contributed by atoms with van der Waals surface area (Å²) >= 11 is 0.592. The molecule has 0 heterocycles. The van der Waals surface area contributed by atoms with Crippen LogP contribution in [0, 0.1) is 0 Å². The lowest BCUT2D eigenvalue weighted by Gasteiger charge is -2.16. The molecule has 0 aliphatic carbocycles. The number of carbonyl (C=O) groups is 1. The number of methoxy groups -OCH3 is 1. The molecule has 0 saturated heterocycles. The molecule has 0 fully saturated rings. The summed E-state index contributed by atoms with van der Waals surface area (Å²) in [5, 5.41) is 8.96. The number of benzene rings is 2. The van der Waals surface area contributed by atoms with Crippen LogP contribution in [0.4, 0.5) is 17.6 Å². The Balaban J connectivity index is 2.04. The van der Waals surface area contributed by atoms with Gasteiger partial charge in [0, 0.05) is 4.90 Å². The van der Waals surface area contributed by atoms with Crippen molar-refractivity contribution in [2.75, 3.05) is 7.11 Å². The Kier molecular flexibility index (Phi) is 6.07. The molecule has 2 aromatic rings. The lowest BCUT2D eigenvalue weighted by molar-refractivity contribution is -0.137. The molecule has 3 nitrogen and oxygen atoms in total. The van der Waals surface area contributed by atoms with Gasteiger partial charge in [0.1, 0.15) is 11.9 Å². The van der Waals surface area contributed by atoms with Crippen molar-refractivity contribution >= 4 is 16.9 Å². The number of alkyl halides is 4. The number of rotatable bonds is 5. The number of hydrogen-bond donors (Lipinski definition) is 1. The van der Waals surface area contributed by atoms with Gasteiger partial charge in [-0.1, -0.05) is 12.1 Å². The highest BCUT2D eigenvalue weighted by Crippen LogP contribution is 2.32. The van der Waals surface area contributed by atoms with Crippen LogP contribution >= 0.6 is 11.8 Å². The SMILES string of the molecule is COc1ccc(SC(=O)[C@@H](F)[C@@H](O)c2ccc(C(F)(F)F)cc2)cc1. The van der Waals surface area contributed by atoms with Crippen molar-refractivity contribution in [1.82, 2.24) is 0 Å². The van der Waals surface area contributed by atoms with E-state index in [4.69, 9.17) is 4.74 Å². The maximum absolute atomic E-state index is 14.2. The Labute approximate surface area is 145 Å². The molecule has 0 aromatic heterocycles. The van der Waals surface area contributed by atoms with E-state index in [1.165, 1.54) is 7.11 Å². The van der Waals surface area contributed by atoms with Crippen LogP contribution in [0.15, 0.2) is 53.4 Å². The molecular weight excluding hydrogens is 360 g/mol. The zero-order chi connectivity index (χ0) is 18.6. The van der Waals surface area contributed by atoms with Crippen molar-refractivity contribution in [2.45, 2.75) is 23.3 Å². The number of halogens is 4. The number of hydrogen-bond acceptors (Lipinski definition) is 4. The first-order valence-corrected chi connectivity index (χ1v) is 7.89. The van der Waals surface area contributed by atoms with Crippen LogP contribution in [0.2, 0.25) is 0 Å². The van der Waals surface area contributed by atoms with Gasteiger partial charge in [0.05, 0.1) is 12.7 Å². The van der Waals surface area contributed by atoms with Crippen molar-refractivity contribution in [2.24, 2.45) is 0 Å². The maximum Gasteiger partial charge on any atom is 0.416 e. The second kappa shape index (κ2) is 7.88. The van der Waals surface area contributed by atoms with Gasteiger partial charge in [0.15, 0.2) is 6.17 Å². The molecule has 25 heavy (non-hydrogen) atoms. The van der Waals surface area contributed by atoms with E-state index < -0.39 is 29.1 Å². The van der Waals surface area contributed by atoms with Crippen molar-refractivity contribution in [3.8, 4) is 5.75 Å². The summed E-state index contributed by atoms with van der Waals surface area (Å²) in [5.74, 6) is 0.568. The standard InChI is InChI=1S/C17H14F4O3S/c1-24-12-6-8-13(9-7-12)25-16(23)14(18)15(22)10-2-4-11(5-3-10)17(19,20)21/h2-9,14-15,22H,1H3/t14-,15-/m0/s1. The van der Waals surface area contributed by atoms with Gasteiger partial charge in [-0.3, -0.25) is 4.79 Å². The predicted molar refractivity (Wildman–Crippen MR) is 85.2 cm³/mol. The minimum atomic E-state index is -4.53. The lowest BCUT2D eigenvalue weighted by atomic mass is 10.0. The third-order valence-electron chi connectivity index (χ3n) is 3.36. The number of aliphatic hydroxyl groups is 1. The van der Waals surface area contributed by atoms with Crippen molar-refractivity contribution in [3.63, 3.8) is 0 Å². The molecule has 0 radical (unpaired) electrons. The summed E-state index contributed by atoms with van der Waals surface area (Å²) in [7, 11) is 1.48. The molecule has 8 heteroatoms. The maximum atomic E-state index is 14.2. The highest BCUT2D eigenvalue weighted by molar-refractivity contribution is 8.13. The summed E-state index contributed by atoms with van der Waals surface area (Å²) in [6.45, 7) is 0. The molecule has 0 aliphatic rings. The summed E-state index contributed by atoms with van der Waals surface area (Å²) < 4.78 is 56.6. The molecule has 2 aromatic carbocycles. The fraction of sp³-hybridized carbons (Fsp3) is 0.235. The molecule has 0 unspecified atom stereocenters. The average Bonchev–Trinajstić information content (AvgIpc) is 2.60. The smallest absolute Gasteiger partial charge is 0.416 e. The second-order valence-corrected chi connectivity index (χ2v) is 6.14. The molecule has 2 rings (SSSR count). The van der Waals surface area contributed by atoms with Gasteiger partial charge in [-0.05, 0) is 53.7 Å². The first kappa shape index (κ1) is 19.3. The predicted octanol–water partition coefficient (Wildman–Crippen LogP) is 4.40. The van der Waals surface area contributed by atoms with Gasteiger partial charge in [-0.25, -0.2) is 4.39 Å². The summed E-state index contributed by atoms with van der Waals surface area (Å²) in [6.07, 6.45) is -8.65. The van der Waals surface area contributed by atoms with Crippen LogP contribution < -0.4 is 4.74 Å². The van der Waals surface area contributed by atoms with Crippen molar-refractivity contribution < 1.29 is 32.2 Å². The number of carbonyl (C=O) groups excluding carboxylic acids is 1. The molecule has 2 atom stereocenters. The minimum absolute atomic E-state index is 0.107. The van der Waals surface area contributed by atoms with E-state index in [2.05, 4.69) is 0 Å². The first-order valence-electron chi connectivity index (χ1n) is 7.07. The normalized spacial score (nSPS) is 14.0. The summed E-state index contributed by atoms with van der Waals surface area (Å²) in [4.78, 5) is 12.4. The van der Waals surface area contributed by atoms with Crippen LogP contribution in [-0.4, -0.2) is 23.5 Å². The third-order valence-corrected chi connectivity index (χ3v) is 4.29. The monoisotopic (exact) mass is 374 g/mol. The van der Waals surface area contributed by atoms with E-state index in [1.54, 1.807) is 24.3 Å². The molecule has 0 saturated carbocycles. The van der Waals surface area contributed by atoms with Gasteiger partial charge in [-0.15, -0.1) is 0 Å². The topological polar surface area (TPSA) is 46.5 Å². The fourth-order valence-electron chi connectivity index (χ4n) is 1.98. The van der Waals surface area contributed by atoms with Crippen LogP contribution in [0.25, 0.3) is 0 Å². The Morgan fingerprint density at radius 3 is 2.12 bits per heavy atom. The zero-order valence-corrected chi connectivity index (χ0v) is 13.8. The summed E-state index contributed by atoms with van der Waals surface area (Å²) in [5.41, 5.74) is -1.03. The lowest BCUT2D eigenvalue weighted by Crippen LogP contribution is -2.21. The number of thioether (sulfide) groups is 1. The van der Waals surface area contributed by atoms with Crippen LogP contribution in [0.3, 0.4) is 0 Å². The molecule has 0 aliphatic heterocycles. The third kappa shape index (κ3) is 4.96. The highest BCUT2D eigenvalue weighted by Gasteiger charge is 2.32. The quantitative estimate of drug-likeness (QED) is 0.622. The molecule has 1 N–H and O–H groups in total. The van der Waals surface area contributed by atoms with Gasteiger partial charge in [-0.2, -0.15) is 13.2 Å². The molecule has 0 bridgehead atoms. The van der Waals surface area contributed by atoms with Crippen molar-refractivity contribution in [3.05, 3.63) is 59.7 Å². The van der Waals surface area contributed by atoms with Gasteiger partial charge >= 0.3 is 6.18 Å². The summed E-state index contributed by atoms with van der Waals surface area (Å²) in [6, 6.07) is 9.65. The van der Waals surface area contributed by atoms with Crippen LogP contribution in [0.1, 0.15) is 17.2 Å². The number of aliphatic hydroxyl groups excluding tert-OH is 1. The molecule has 134 valence electrons. The van der Waals surface area contributed by atoms with E-state index in [0.29, 0.717) is 22.4 Å². The Morgan fingerprint density at radius 2 is 1.64 bits per heavy atom. The fourth-order valence-corrected chi connectivity index (χ4v) is 2.73. The van der Waals surface area contributed by atoms with E-state index in [-0.39, 0.29) is 5.56 Å². The van der Waals surface area contributed by atoms with Gasteiger partial charge in [0.25, 0.3) is 0 Å². The van der Waals surface area contributed by atoms with Crippen LogP contribution in [-0.2, 0) is 11.0 Å². The Bertz CT molecular complexity index is 714. The molecule has 0 amide bonds. The van der Waals surface area contributed by atoms with E-state index in [0.717, 1.165) is 24.3 Å². The first-order chi connectivity index (χ1) is 11.7. The van der Waals surface area contributed by atoms with Gasteiger partial charge < -0.3 is 9.84 Å². The number of ether oxygens (including phenoxy) is 1. The Hall–Kier alpha value is -2.06. The largest absolute Gasteiger partial charge is 0.497 e. The zero-order valence-electron chi connectivity index (χ0n) is 13.0. The van der Waals surface area contributed by atoms with E-state index in [9.17, 15) is 27.5 Å². The molecular formula is C17H14F4O3S. The van der Waals surface area contributed by atoms with E-state index in [1.807, 2.05) is 0 Å². The van der Waals surface area contributed by atoms with E-state index >= 15 is 0 Å². The highest BCUT2D eigenvalue weighted by atomic mass is 32.2. The second-order valence-electron chi connectivity index (χ2n) is 5.06. The van der Waals surface area contributed by atoms with Crippen LogP contribution in [0.5, 0.6) is 5.75 Å². The molecule has 0 spiro atoms. The Morgan fingerprint density at radius 1 is 1.08 bits per heavy atom. The van der Waals surface area contributed by atoms with Gasteiger partial charge in [0.2, 0.25) is 5.12 Å². The van der Waals surface area contributed by atoms with Crippen molar-refractivity contribution in [1.29, 1.82) is 0 Å².